The third kappa shape index (κ3) is 4.41. The molecular weight excluding hydrogens is 170 g/mol. The molecule has 0 saturated carbocycles. The van der Waals surface area contributed by atoms with Crippen molar-refractivity contribution in [1.82, 2.24) is 0 Å². The van der Waals surface area contributed by atoms with E-state index in [4.69, 9.17) is 0 Å². The van der Waals surface area contributed by atoms with Gasteiger partial charge in [-0.05, 0) is 18.4 Å². The van der Waals surface area contributed by atoms with Gasteiger partial charge in [-0.25, -0.2) is 0 Å². The predicted molar refractivity (Wildman–Crippen MR) is 62.6 cm³/mol. The summed E-state index contributed by atoms with van der Waals surface area (Å²) in [6.45, 7) is 3.54. The quantitative estimate of drug-likeness (QED) is 0.623. The standard InChI is InChI=1S/C13H15N/c1-2-11-14-12-7-6-10-13-8-4-3-5-9-13/h2-5,7-9,11-12H,1,6,10H2/b12-7-,14-11-. The Morgan fingerprint density at radius 2 is 2.00 bits per heavy atom. The summed E-state index contributed by atoms with van der Waals surface area (Å²) in [5.74, 6) is 0. The van der Waals surface area contributed by atoms with Gasteiger partial charge in [0.05, 0.1) is 0 Å². The second kappa shape index (κ2) is 6.84. The molecule has 0 radical (unpaired) electrons. The molecule has 0 heterocycles. The Labute approximate surface area is 85.5 Å². The van der Waals surface area contributed by atoms with Gasteiger partial charge in [-0.1, -0.05) is 49.1 Å². The third-order valence-corrected chi connectivity index (χ3v) is 1.83. The van der Waals surface area contributed by atoms with E-state index in [2.05, 4.69) is 41.9 Å². The second-order valence-electron chi connectivity index (χ2n) is 2.94. The molecule has 14 heavy (non-hydrogen) atoms. The van der Waals surface area contributed by atoms with E-state index in [0.29, 0.717) is 0 Å². The fraction of sp³-hybridized carbons (Fsp3) is 0.154. The molecular formula is C13H15N. The van der Waals surface area contributed by atoms with Gasteiger partial charge in [0.2, 0.25) is 0 Å². The molecule has 0 aromatic heterocycles. The van der Waals surface area contributed by atoms with Crippen molar-refractivity contribution in [2.45, 2.75) is 12.8 Å². The molecule has 72 valence electrons. The van der Waals surface area contributed by atoms with Crippen LogP contribution < -0.4 is 0 Å². The van der Waals surface area contributed by atoms with Crippen LogP contribution in [0, 0.1) is 0 Å². The summed E-state index contributed by atoms with van der Waals surface area (Å²) < 4.78 is 0. The lowest BCUT2D eigenvalue weighted by molar-refractivity contribution is 0.998. The van der Waals surface area contributed by atoms with Gasteiger partial charge in [0.1, 0.15) is 0 Å². The zero-order valence-electron chi connectivity index (χ0n) is 8.26. The number of rotatable bonds is 5. The number of aryl methyl sites for hydroxylation is 1. The number of nitrogens with zero attached hydrogens (tertiary/aromatic N) is 1. The van der Waals surface area contributed by atoms with E-state index >= 15 is 0 Å². The molecule has 1 rings (SSSR count). The number of hydrogen-bond donors (Lipinski definition) is 0. The monoisotopic (exact) mass is 185 g/mol. The van der Waals surface area contributed by atoms with E-state index in [-0.39, 0.29) is 0 Å². The van der Waals surface area contributed by atoms with Crippen LogP contribution in [0.2, 0.25) is 0 Å². The van der Waals surface area contributed by atoms with E-state index in [1.54, 1.807) is 12.3 Å². The van der Waals surface area contributed by atoms with Crippen LogP contribution >= 0.6 is 0 Å². The van der Waals surface area contributed by atoms with Crippen LogP contribution in [0.3, 0.4) is 0 Å². The molecule has 0 spiro atoms. The highest BCUT2D eigenvalue weighted by atomic mass is 14.6. The molecule has 0 bridgehead atoms. The highest BCUT2D eigenvalue weighted by Crippen LogP contribution is 2.02. The SMILES string of the molecule is C=C/C=N\C=C/CCc1ccccc1. The normalized spacial score (nSPS) is 11.1. The number of hydrogen-bond acceptors (Lipinski definition) is 1. The van der Waals surface area contributed by atoms with Gasteiger partial charge in [-0.2, -0.15) is 0 Å². The van der Waals surface area contributed by atoms with Gasteiger partial charge < -0.3 is 0 Å². The molecule has 0 aliphatic heterocycles. The Balaban J connectivity index is 2.25. The molecule has 1 aromatic carbocycles. The first kappa shape index (κ1) is 10.5. The average Bonchev–Trinajstić information content (AvgIpc) is 2.25. The van der Waals surface area contributed by atoms with Crippen LogP contribution in [0.1, 0.15) is 12.0 Å². The lowest BCUT2D eigenvalue weighted by Crippen LogP contribution is -1.80. The first-order chi connectivity index (χ1) is 6.93. The van der Waals surface area contributed by atoms with Crippen molar-refractivity contribution >= 4 is 6.21 Å². The van der Waals surface area contributed by atoms with Crippen molar-refractivity contribution in [3.8, 4) is 0 Å². The van der Waals surface area contributed by atoms with Crippen LogP contribution in [-0.4, -0.2) is 6.21 Å². The van der Waals surface area contributed by atoms with E-state index < -0.39 is 0 Å². The summed E-state index contributed by atoms with van der Waals surface area (Å²) in [4.78, 5) is 4.00. The molecule has 0 unspecified atom stereocenters. The third-order valence-electron chi connectivity index (χ3n) is 1.83. The first-order valence-corrected chi connectivity index (χ1v) is 4.76. The minimum Gasteiger partial charge on any atom is -0.265 e. The smallest absolute Gasteiger partial charge is 0.0261 e. The summed E-state index contributed by atoms with van der Waals surface area (Å²) in [6, 6.07) is 10.4. The van der Waals surface area contributed by atoms with Crippen LogP contribution in [0.15, 0.2) is 60.3 Å². The highest BCUT2D eigenvalue weighted by Gasteiger charge is 1.86. The lowest BCUT2D eigenvalue weighted by Gasteiger charge is -1.95. The molecule has 1 aromatic rings. The molecule has 0 fully saturated rings. The maximum absolute atomic E-state index is 4.00. The molecule has 0 saturated heterocycles. The average molecular weight is 185 g/mol. The maximum atomic E-state index is 4.00. The summed E-state index contributed by atoms with van der Waals surface area (Å²) in [7, 11) is 0. The molecule has 0 N–H and O–H groups in total. The van der Waals surface area contributed by atoms with E-state index in [1.807, 2.05) is 12.3 Å². The summed E-state index contributed by atoms with van der Waals surface area (Å²) >= 11 is 0. The molecule has 0 amide bonds. The molecule has 0 aliphatic rings. The number of benzene rings is 1. The van der Waals surface area contributed by atoms with Crippen molar-refractivity contribution in [2.75, 3.05) is 0 Å². The Bertz CT molecular complexity index is 309. The van der Waals surface area contributed by atoms with Crippen molar-refractivity contribution < 1.29 is 0 Å². The summed E-state index contributed by atoms with van der Waals surface area (Å²) in [5, 5.41) is 0. The topological polar surface area (TPSA) is 12.4 Å². The lowest BCUT2D eigenvalue weighted by atomic mass is 10.1. The van der Waals surface area contributed by atoms with Crippen molar-refractivity contribution in [2.24, 2.45) is 4.99 Å². The molecule has 1 nitrogen and oxygen atoms in total. The first-order valence-electron chi connectivity index (χ1n) is 4.76. The molecule has 0 aliphatic carbocycles. The zero-order chi connectivity index (χ0) is 10.1. The van der Waals surface area contributed by atoms with Crippen molar-refractivity contribution in [1.29, 1.82) is 0 Å². The van der Waals surface area contributed by atoms with Crippen molar-refractivity contribution in [3.05, 3.63) is 60.8 Å². The minimum atomic E-state index is 1.03. The number of aliphatic imine (C=N–C) groups is 1. The van der Waals surface area contributed by atoms with Gasteiger partial charge in [0, 0.05) is 12.4 Å². The number of allylic oxidation sites excluding steroid dienone is 2. The Kier molecular flexibility index (Phi) is 5.11. The second-order valence-corrected chi connectivity index (χ2v) is 2.94. The van der Waals surface area contributed by atoms with E-state index in [0.717, 1.165) is 12.8 Å². The van der Waals surface area contributed by atoms with Gasteiger partial charge in [-0.15, -0.1) is 0 Å². The van der Waals surface area contributed by atoms with Crippen LogP contribution in [0.5, 0.6) is 0 Å². The highest BCUT2D eigenvalue weighted by molar-refractivity contribution is 5.70. The zero-order valence-corrected chi connectivity index (χ0v) is 8.26. The Hall–Kier alpha value is -1.63. The van der Waals surface area contributed by atoms with Gasteiger partial charge in [-0.3, -0.25) is 4.99 Å². The van der Waals surface area contributed by atoms with Gasteiger partial charge >= 0.3 is 0 Å². The molecule has 1 heteroatoms. The summed E-state index contributed by atoms with van der Waals surface area (Å²) in [6.07, 6.45) is 9.32. The van der Waals surface area contributed by atoms with Crippen molar-refractivity contribution in [3.63, 3.8) is 0 Å². The minimum absolute atomic E-state index is 1.03. The maximum Gasteiger partial charge on any atom is 0.0261 e. The largest absolute Gasteiger partial charge is 0.265 e. The summed E-state index contributed by atoms with van der Waals surface area (Å²) in [5.41, 5.74) is 1.37. The fourth-order valence-electron chi connectivity index (χ4n) is 1.14. The predicted octanol–water partition coefficient (Wildman–Crippen LogP) is 3.39. The van der Waals surface area contributed by atoms with Gasteiger partial charge in [0.15, 0.2) is 0 Å². The van der Waals surface area contributed by atoms with Crippen LogP contribution in [0.25, 0.3) is 0 Å². The van der Waals surface area contributed by atoms with Crippen LogP contribution in [0.4, 0.5) is 0 Å². The van der Waals surface area contributed by atoms with E-state index in [1.165, 1.54) is 5.56 Å². The van der Waals surface area contributed by atoms with Gasteiger partial charge in [0.25, 0.3) is 0 Å². The Morgan fingerprint density at radius 1 is 1.21 bits per heavy atom. The molecule has 0 atom stereocenters. The Morgan fingerprint density at radius 3 is 2.71 bits per heavy atom. The van der Waals surface area contributed by atoms with E-state index in [9.17, 15) is 0 Å². The van der Waals surface area contributed by atoms with Crippen LogP contribution in [-0.2, 0) is 6.42 Å². The fourth-order valence-corrected chi connectivity index (χ4v) is 1.14.